The normalized spacial score (nSPS) is 14.7. The van der Waals surface area contributed by atoms with E-state index >= 15 is 0 Å². The number of rotatable bonds is 4. The maximum atomic E-state index is 12.6. The Morgan fingerprint density at radius 1 is 1.00 bits per heavy atom. The molecule has 2 heterocycles. The van der Waals surface area contributed by atoms with E-state index in [9.17, 15) is 19.5 Å². The van der Waals surface area contributed by atoms with Crippen LogP contribution in [0.2, 0.25) is 0 Å². The number of amides is 2. The van der Waals surface area contributed by atoms with E-state index in [0.29, 0.717) is 0 Å². The molecule has 6 nitrogen and oxygen atoms in total. The number of carboxylic acids is 1. The van der Waals surface area contributed by atoms with Crippen molar-refractivity contribution in [1.82, 2.24) is 9.47 Å². The summed E-state index contributed by atoms with van der Waals surface area (Å²) in [5.41, 5.74) is 2.25. The van der Waals surface area contributed by atoms with Crippen LogP contribution in [-0.2, 0) is 18.3 Å². The maximum absolute atomic E-state index is 12.6. The number of nitrogens with zero attached hydrogens (tertiary/aromatic N) is 2. The van der Waals surface area contributed by atoms with Gasteiger partial charge < -0.3 is 9.67 Å². The van der Waals surface area contributed by atoms with E-state index in [2.05, 4.69) is 0 Å². The molecule has 0 unspecified atom stereocenters. The van der Waals surface area contributed by atoms with Crippen LogP contribution in [0, 0.1) is 0 Å². The highest BCUT2D eigenvalue weighted by atomic mass is 16.4. The van der Waals surface area contributed by atoms with Crippen LogP contribution in [-0.4, -0.2) is 38.4 Å². The van der Waals surface area contributed by atoms with E-state index in [0.717, 1.165) is 21.4 Å². The van der Waals surface area contributed by atoms with Gasteiger partial charge in [-0.1, -0.05) is 30.3 Å². The quantitative estimate of drug-likeness (QED) is 0.735. The van der Waals surface area contributed by atoms with Gasteiger partial charge in [-0.2, -0.15) is 0 Å². The van der Waals surface area contributed by atoms with Crippen molar-refractivity contribution >= 4 is 28.7 Å². The molecule has 1 aromatic heterocycles. The molecule has 0 saturated heterocycles. The predicted molar refractivity (Wildman–Crippen MR) is 95.0 cm³/mol. The van der Waals surface area contributed by atoms with Crippen molar-refractivity contribution in [2.45, 2.75) is 12.5 Å². The van der Waals surface area contributed by atoms with Gasteiger partial charge in [0.2, 0.25) is 0 Å². The van der Waals surface area contributed by atoms with E-state index < -0.39 is 23.8 Å². The fourth-order valence-electron chi connectivity index (χ4n) is 3.58. The largest absolute Gasteiger partial charge is 0.480 e. The zero-order valence-corrected chi connectivity index (χ0v) is 14.0. The summed E-state index contributed by atoms with van der Waals surface area (Å²) in [4.78, 5) is 38.1. The van der Waals surface area contributed by atoms with Gasteiger partial charge >= 0.3 is 5.97 Å². The summed E-state index contributed by atoms with van der Waals surface area (Å²) in [6, 6.07) is 12.8. The average Bonchev–Trinajstić information content (AvgIpc) is 3.09. The highest BCUT2D eigenvalue weighted by molar-refractivity contribution is 6.22. The highest BCUT2D eigenvalue weighted by Gasteiger charge is 2.42. The third kappa shape index (κ3) is 2.30. The van der Waals surface area contributed by atoms with Crippen LogP contribution >= 0.6 is 0 Å². The Bertz CT molecular complexity index is 1030. The first-order chi connectivity index (χ1) is 12.5. The number of hydrogen-bond acceptors (Lipinski definition) is 3. The SMILES string of the molecule is Cn1cc(C[C@@H](C(=O)O)N2C(=O)c3ccccc3C2=O)c2ccccc21. The van der Waals surface area contributed by atoms with Gasteiger partial charge in [-0.05, 0) is 23.8 Å². The van der Waals surface area contributed by atoms with Gasteiger partial charge in [-0.3, -0.25) is 14.5 Å². The molecule has 130 valence electrons. The van der Waals surface area contributed by atoms with Crippen molar-refractivity contribution in [1.29, 1.82) is 0 Å². The number of aliphatic carboxylic acids is 1. The molecule has 0 fully saturated rings. The predicted octanol–water partition coefficient (Wildman–Crippen LogP) is 2.47. The fourth-order valence-corrected chi connectivity index (χ4v) is 3.58. The molecule has 2 aromatic carbocycles. The van der Waals surface area contributed by atoms with E-state index in [4.69, 9.17) is 0 Å². The Labute approximate surface area is 149 Å². The zero-order chi connectivity index (χ0) is 18.4. The number of benzene rings is 2. The van der Waals surface area contributed by atoms with Crippen LogP contribution in [0.5, 0.6) is 0 Å². The van der Waals surface area contributed by atoms with Crippen LogP contribution in [0.4, 0.5) is 0 Å². The molecule has 2 amide bonds. The van der Waals surface area contributed by atoms with Crippen LogP contribution in [0.1, 0.15) is 26.3 Å². The van der Waals surface area contributed by atoms with E-state index in [1.165, 1.54) is 0 Å². The first kappa shape index (κ1) is 16.1. The molecule has 1 aliphatic heterocycles. The van der Waals surface area contributed by atoms with E-state index in [1.807, 2.05) is 42.1 Å². The molecule has 6 heteroatoms. The van der Waals surface area contributed by atoms with Crippen LogP contribution < -0.4 is 0 Å². The molecule has 1 atom stereocenters. The lowest BCUT2D eigenvalue weighted by molar-refractivity contribution is -0.141. The van der Waals surface area contributed by atoms with Crippen molar-refractivity contribution < 1.29 is 19.5 Å². The second-order valence-corrected chi connectivity index (χ2v) is 6.37. The smallest absolute Gasteiger partial charge is 0.327 e. The van der Waals surface area contributed by atoms with Crippen LogP contribution in [0.3, 0.4) is 0 Å². The van der Waals surface area contributed by atoms with Gasteiger partial charge in [0.05, 0.1) is 11.1 Å². The molecule has 1 N–H and O–H groups in total. The molecule has 0 spiro atoms. The van der Waals surface area contributed by atoms with Crippen molar-refractivity contribution in [2.24, 2.45) is 7.05 Å². The molecule has 1 aliphatic rings. The average molecular weight is 348 g/mol. The first-order valence-corrected chi connectivity index (χ1v) is 8.21. The minimum Gasteiger partial charge on any atom is -0.480 e. The minimum absolute atomic E-state index is 0.0577. The van der Waals surface area contributed by atoms with Gasteiger partial charge in [-0.25, -0.2) is 4.79 Å². The summed E-state index contributed by atoms with van der Waals surface area (Å²) in [5, 5.41) is 10.7. The highest BCUT2D eigenvalue weighted by Crippen LogP contribution is 2.28. The number of aryl methyl sites for hydroxylation is 1. The van der Waals surface area contributed by atoms with Gasteiger partial charge in [-0.15, -0.1) is 0 Å². The molecule has 0 bridgehead atoms. The second-order valence-electron chi connectivity index (χ2n) is 6.37. The lowest BCUT2D eigenvalue weighted by Crippen LogP contribution is -2.46. The zero-order valence-electron chi connectivity index (χ0n) is 14.0. The molecular formula is C20H16N2O4. The Kier molecular flexibility index (Phi) is 3.61. The van der Waals surface area contributed by atoms with Gasteiger partial charge in [0.25, 0.3) is 11.8 Å². The Morgan fingerprint density at radius 2 is 1.58 bits per heavy atom. The topological polar surface area (TPSA) is 79.6 Å². The van der Waals surface area contributed by atoms with Gasteiger partial charge in [0.1, 0.15) is 6.04 Å². The van der Waals surface area contributed by atoms with Crippen molar-refractivity contribution in [3.8, 4) is 0 Å². The molecular weight excluding hydrogens is 332 g/mol. The van der Waals surface area contributed by atoms with Crippen molar-refractivity contribution in [3.63, 3.8) is 0 Å². The summed E-state index contributed by atoms with van der Waals surface area (Å²) in [5.74, 6) is -2.32. The molecule has 26 heavy (non-hydrogen) atoms. The summed E-state index contributed by atoms with van der Waals surface area (Å²) in [6.07, 6.45) is 1.90. The summed E-state index contributed by atoms with van der Waals surface area (Å²) >= 11 is 0. The fraction of sp³-hybridized carbons (Fsp3) is 0.150. The monoisotopic (exact) mass is 348 g/mol. The number of hydrogen-bond donors (Lipinski definition) is 1. The first-order valence-electron chi connectivity index (χ1n) is 8.21. The summed E-state index contributed by atoms with van der Waals surface area (Å²) < 4.78 is 1.91. The Balaban J connectivity index is 1.75. The third-order valence-electron chi connectivity index (χ3n) is 4.81. The van der Waals surface area contributed by atoms with Crippen molar-refractivity contribution in [2.75, 3.05) is 0 Å². The minimum atomic E-state index is -1.26. The second kappa shape index (κ2) is 5.84. The van der Waals surface area contributed by atoms with Crippen molar-refractivity contribution in [3.05, 3.63) is 71.4 Å². The number of carbonyl (C=O) groups is 3. The Hall–Kier alpha value is -3.41. The lowest BCUT2D eigenvalue weighted by atomic mass is 10.0. The maximum Gasteiger partial charge on any atom is 0.327 e. The summed E-state index contributed by atoms with van der Waals surface area (Å²) in [6.45, 7) is 0. The number of imide groups is 1. The standard InChI is InChI=1S/C20H16N2O4/c1-21-11-12(13-6-4-5-9-16(13)21)10-17(20(25)26)22-18(23)14-7-2-3-8-15(14)19(22)24/h2-9,11,17H,10H2,1H3,(H,25,26)/t17-/m0/s1. The number of para-hydroxylation sites is 1. The molecule has 4 rings (SSSR count). The third-order valence-corrected chi connectivity index (χ3v) is 4.81. The number of fused-ring (bicyclic) bond motifs is 2. The molecule has 0 aliphatic carbocycles. The van der Waals surface area contributed by atoms with Crippen LogP contribution in [0.25, 0.3) is 10.9 Å². The van der Waals surface area contributed by atoms with Gasteiger partial charge in [0, 0.05) is 30.6 Å². The lowest BCUT2D eigenvalue weighted by Gasteiger charge is -2.22. The number of carboxylic acid groups (broad SMARTS) is 1. The summed E-state index contributed by atoms with van der Waals surface area (Å²) in [7, 11) is 1.88. The van der Waals surface area contributed by atoms with E-state index in [-0.39, 0.29) is 17.5 Å². The molecule has 0 saturated carbocycles. The van der Waals surface area contributed by atoms with Crippen LogP contribution in [0.15, 0.2) is 54.7 Å². The Morgan fingerprint density at radius 3 is 2.19 bits per heavy atom. The number of aromatic nitrogens is 1. The number of carbonyl (C=O) groups excluding carboxylic acids is 2. The molecule has 3 aromatic rings. The molecule has 0 radical (unpaired) electrons. The van der Waals surface area contributed by atoms with Gasteiger partial charge in [0.15, 0.2) is 0 Å². The van der Waals surface area contributed by atoms with E-state index in [1.54, 1.807) is 24.3 Å².